The van der Waals surface area contributed by atoms with Gasteiger partial charge in [0.05, 0.1) is 5.92 Å². The van der Waals surface area contributed by atoms with E-state index in [4.69, 9.17) is 5.11 Å². The first-order chi connectivity index (χ1) is 5.57. The molecule has 0 radical (unpaired) electrons. The molecule has 4 heteroatoms. The van der Waals surface area contributed by atoms with Crippen molar-refractivity contribution < 1.29 is 19.8 Å². The van der Waals surface area contributed by atoms with Crippen LogP contribution in [-0.4, -0.2) is 28.1 Å². The molecule has 0 aliphatic heterocycles. The lowest BCUT2D eigenvalue weighted by Gasteiger charge is -2.29. The number of carbonyl (C=O) groups excluding carboxylic acids is 1. The van der Waals surface area contributed by atoms with E-state index in [0.717, 1.165) is 0 Å². The van der Waals surface area contributed by atoms with E-state index in [1.807, 2.05) is 0 Å². The second kappa shape index (κ2) is 3.23. The fraction of sp³-hybridized carbons (Fsp3) is 0.750. The zero-order chi connectivity index (χ0) is 9.19. The molecule has 0 amide bonds. The lowest BCUT2D eigenvalue weighted by molar-refractivity contribution is -0.146. The van der Waals surface area contributed by atoms with Gasteiger partial charge in [-0.3, -0.25) is 4.79 Å². The Hall–Kier alpha value is -0.900. The largest absolute Gasteiger partial charge is 0.481 e. The third kappa shape index (κ3) is 1.82. The normalized spacial score (nSPS) is 35.9. The Balaban J connectivity index is 2.49. The SMILES string of the molecule is O=CC1(O)CCC(C(=O)O)CC1. The number of carboxylic acids is 1. The minimum Gasteiger partial charge on any atom is -0.481 e. The van der Waals surface area contributed by atoms with Gasteiger partial charge in [0.25, 0.3) is 0 Å². The summed E-state index contributed by atoms with van der Waals surface area (Å²) in [5.74, 6) is -1.21. The van der Waals surface area contributed by atoms with Crippen molar-refractivity contribution in [1.82, 2.24) is 0 Å². The van der Waals surface area contributed by atoms with E-state index in [-0.39, 0.29) is 18.8 Å². The first kappa shape index (κ1) is 9.19. The Morgan fingerprint density at radius 2 is 1.92 bits per heavy atom. The second-order valence-corrected chi connectivity index (χ2v) is 3.33. The quantitative estimate of drug-likeness (QED) is 0.583. The van der Waals surface area contributed by atoms with Crippen LogP contribution in [0.2, 0.25) is 0 Å². The molecule has 0 spiro atoms. The molecule has 1 rings (SSSR count). The molecule has 0 aromatic rings. The summed E-state index contributed by atoms with van der Waals surface area (Å²) in [7, 11) is 0. The molecule has 12 heavy (non-hydrogen) atoms. The lowest BCUT2D eigenvalue weighted by Crippen LogP contribution is -2.37. The monoisotopic (exact) mass is 172 g/mol. The fourth-order valence-electron chi connectivity index (χ4n) is 1.48. The highest BCUT2D eigenvalue weighted by Crippen LogP contribution is 2.30. The molecule has 1 fully saturated rings. The van der Waals surface area contributed by atoms with Gasteiger partial charge in [-0.25, -0.2) is 0 Å². The third-order valence-electron chi connectivity index (χ3n) is 2.42. The van der Waals surface area contributed by atoms with Crippen LogP contribution in [0.25, 0.3) is 0 Å². The first-order valence-electron chi connectivity index (χ1n) is 3.99. The van der Waals surface area contributed by atoms with Crippen molar-refractivity contribution in [2.75, 3.05) is 0 Å². The third-order valence-corrected chi connectivity index (χ3v) is 2.42. The minimum absolute atomic E-state index is 0.271. The predicted molar refractivity (Wildman–Crippen MR) is 40.6 cm³/mol. The number of rotatable bonds is 2. The number of aliphatic carboxylic acids is 1. The van der Waals surface area contributed by atoms with Crippen molar-refractivity contribution in [3.05, 3.63) is 0 Å². The van der Waals surface area contributed by atoms with Crippen LogP contribution in [0.5, 0.6) is 0 Å². The maximum absolute atomic E-state index is 10.5. The molecule has 1 aliphatic rings. The van der Waals surface area contributed by atoms with E-state index in [1.54, 1.807) is 0 Å². The maximum atomic E-state index is 10.5. The smallest absolute Gasteiger partial charge is 0.306 e. The Labute approximate surface area is 70.2 Å². The summed E-state index contributed by atoms with van der Waals surface area (Å²) in [5.41, 5.74) is -1.26. The molecule has 1 aliphatic carbocycles. The van der Waals surface area contributed by atoms with Crippen LogP contribution in [0.4, 0.5) is 0 Å². The van der Waals surface area contributed by atoms with Gasteiger partial charge in [0.15, 0.2) is 6.29 Å². The van der Waals surface area contributed by atoms with Crippen molar-refractivity contribution in [3.63, 3.8) is 0 Å². The fourth-order valence-corrected chi connectivity index (χ4v) is 1.48. The van der Waals surface area contributed by atoms with Gasteiger partial charge in [0.2, 0.25) is 0 Å². The van der Waals surface area contributed by atoms with E-state index in [2.05, 4.69) is 0 Å². The zero-order valence-electron chi connectivity index (χ0n) is 6.69. The highest BCUT2D eigenvalue weighted by atomic mass is 16.4. The van der Waals surface area contributed by atoms with Crippen LogP contribution in [0.15, 0.2) is 0 Å². The van der Waals surface area contributed by atoms with Crippen molar-refractivity contribution in [3.8, 4) is 0 Å². The Morgan fingerprint density at radius 3 is 2.25 bits per heavy atom. The molecule has 0 aromatic carbocycles. The van der Waals surface area contributed by atoms with Crippen molar-refractivity contribution in [2.24, 2.45) is 5.92 Å². The summed E-state index contributed by atoms with van der Waals surface area (Å²) in [4.78, 5) is 20.8. The van der Waals surface area contributed by atoms with Crippen LogP contribution in [0, 0.1) is 5.92 Å². The van der Waals surface area contributed by atoms with E-state index in [1.165, 1.54) is 0 Å². The standard InChI is InChI=1S/C8H12O4/c9-5-8(12)3-1-6(2-4-8)7(10)11/h5-6,12H,1-4H2,(H,10,11). The summed E-state index contributed by atoms with van der Waals surface area (Å²) in [6.45, 7) is 0. The Bertz CT molecular complexity index is 191. The summed E-state index contributed by atoms with van der Waals surface area (Å²) >= 11 is 0. The van der Waals surface area contributed by atoms with Gasteiger partial charge >= 0.3 is 5.97 Å². The summed E-state index contributed by atoms with van der Waals surface area (Å²) in [6, 6.07) is 0. The van der Waals surface area contributed by atoms with Crippen LogP contribution in [0.1, 0.15) is 25.7 Å². The van der Waals surface area contributed by atoms with Crippen LogP contribution >= 0.6 is 0 Å². The molecule has 2 N–H and O–H groups in total. The first-order valence-corrected chi connectivity index (χ1v) is 3.99. The molecule has 0 atom stereocenters. The minimum atomic E-state index is -1.26. The predicted octanol–water partition coefficient (Wildman–Crippen LogP) is 0.191. The molecule has 0 heterocycles. The molecule has 68 valence electrons. The van der Waals surface area contributed by atoms with Gasteiger partial charge in [0, 0.05) is 0 Å². The highest BCUT2D eigenvalue weighted by molar-refractivity contribution is 5.71. The second-order valence-electron chi connectivity index (χ2n) is 3.33. The number of aldehydes is 1. The Kier molecular flexibility index (Phi) is 2.47. The molecular formula is C8H12O4. The topological polar surface area (TPSA) is 74.6 Å². The molecule has 4 nitrogen and oxygen atoms in total. The van der Waals surface area contributed by atoms with Crippen LogP contribution < -0.4 is 0 Å². The highest BCUT2D eigenvalue weighted by Gasteiger charge is 2.35. The van der Waals surface area contributed by atoms with E-state index in [9.17, 15) is 14.7 Å². The average molecular weight is 172 g/mol. The van der Waals surface area contributed by atoms with E-state index in [0.29, 0.717) is 19.1 Å². The van der Waals surface area contributed by atoms with Crippen LogP contribution in [0.3, 0.4) is 0 Å². The van der Waals surface area contributed by atoms with Gasteiger partial charge in [-0.15, -0.1) is 0 Å². The lowest BCUT2D eigenvalue weighted by atomic mass is 9.80. The number of carbonyl (C=O) groups is 2. The maximum Gasteiger partial charge on any atom is 0.306 e. The molecule has 0 aromatic heterocycles. The number of carboxylic acid groups (broad SMARTS) is 1. The van der Waals surface area contributed by atoms with E-state index >= 15 is 0 Å². The number of aliphatic hydroxyl groups is 1. The number of hydrogen-bond donors (Lipinski definition) is 2. The van der Waals surface area contributed by atoms with Gasteiger partial charge < -0.3 is 15.0 Å². The van der Waals surface area contributed by atoms with Crippen LogP contribution in [-0.2, 0) is 9.59 Å². The average Bonchev–Trinajstić information content (AvgIpc) is 2.05. The van der Waals surface area contributed by atoms with Gasteiger partial charge in [0.1, 0.15) is 5.60 Å². The molecular weight excluding hydrogens is 160 g/mol. The van der Waals surface area contributed by atoms with Gasteiger partial charge in [-0.05, 0) is 25.7 Å². The molecule has 0 saturated heterocycles. The summed E-state index contributed by atoms with van der Waals surface area (Å²) < 4.78 is 0. The van der Waals surface area contributed by atoms with E-state index < -0.39 is 11.6 Å². The van der Waals surface area contributed by atoms with Crippen molar-refractivity contribution in [1.29, 1.82) is 0 Å². The summed E-state index contributed by atoms with van der Waals surface area (Å²) in [5, 5.41) is 18.0. The zero-order valence-corrected chi connectivity index (χ0v) is 6.69. The number of hydrogen-bond acceptors (Lipinski definition) is 3. The molecule has 0 unspecified atom stereocenters. The molecule has 1 saturated carbocycles. The Morgan fingerprint density at radius 1 is 1.42 bits per heavy atom. The van der Waals surface area contributed by atoms with Crippen molar-refractivity contribution >= 4 is 12.3 Å². The molecule has 0 bridgehead atoms. The van der Waals surface area contributed by atoms with Gasteiger partial charge in [-0.1, -0.05) is 0 Å². The summed E-state index contributed by atoms with van der Waals surface area (Å²) in [6.07, 6.45) is 1.85. The van der Waals surface area contributed by atoms with Crippen molar-refractivity contribution in [2.45, 2.75) is 31.3 Å². The van der Waals surface area contributed by atoms with Gasteiger partial charge in [-0.2, -0.15) is 0 Å².